The molecule has 0 bridgehead atoms. The first-order valence-corrected chi connectivity index (χ1v) is 27.2. The summed E-state index contributed by atoms with van der Waals surface area (Å²) >= 11 is 0. The van der Waals surface area contributed by atoms with Crippen LogP contribution in [0.4, 0.5) is 132 Å². The Bertz CT molecular complexity index is 1300. The molecule has 560 valence electrons. The molecule has 0 aliphatic heterocycles. The van der Waals surface area contributed by atoms with E-state index in [9.17, 15) is 132 Å². The maximum absolute atomic E-state index is 12.4. The van der Waals surface area contributed by atoms with Gasteiger partial charge in [0.15, 0.2) is 22.7 Å². The maximum Gasteiger partial charge on any atom is 0.421 e. The fourth-order valence-corrected chi connectivity index (χ4v) is 0.522. The summed E-state index contributed by atoms with van der Waals surface area (Å²) in [6.07, 6.45) is -30.7. The lowest BCUT2D eigenvalue weighted by Gasteiger charge is -2.31. The Labute approximate surface area is 515 Å². The van der Waals surface area contributed by atoms with Crippen LogP contribution in [0.5, 0.6) is 0 Å². The molecule has 0 rings (SSSR count). The Morgan fingerprint density at radius 2 is 0.315 bits per heavy atom. The van der Waals surface area contributed by atoms with Gasteiger partial charge in [0.25, 0.3) is 6.43 Å². The molecule has 89 heavy (non-hydrogen) atoms. The quantitative estimate of drug-likeness (QED) is 0.247. The molecule has 0 nitrogen and oxygen atoms in total. The highest BCUT2D eigenvalue weighted by Gasteiger charge is 2.63. The number of hydrogen-bond acceptors (Lipinski definition) is 0. The van der Waals surface area contributed by atoms with Crippen molar-refractivity contribution in [3.05, 3.63) is 0 Å². The normalized spacial score (nSPS) is 13.2. The molecule has 30 heteroatoms. The molecule has 0 unspecified atom stereocenters. The van der Waals surface area contributed by atoms with Crippen LogP contribution in [0.25, 0.3) is 0 Å². The van der Waals surface area contributed by atoms with Crippen LogP contribution >= 0.6 is 0 Å². The molecule has 0 aliphatic rings. The van der Waals surface area contributed by atoms with Crippen molar-refractivity contribution in [2.75, 3.05) is 0 Å². The van der Waals surface area contributed by atoms with Gasteiger partial charge in [-0.2, -0.15) is 87.8 Å². The van der Waals surface area contributed by atoms with Crippen molar-refractivity contribution in [1.82, 2.24) is 0 Å². The van der Waals surface area contributed by atoms with Crippen LogP contribution < -0.4 is 0 Å². The molecule has 0 spiro atoms. The minimum atomic E-state index is -4.73. The SMILES string of the molecule is CC(C)(C)C.CC(C)(C)C.CC(C)(C)C(F)(F)F.CC(C)(C)C(F)(F)F.CC(C)(C)C(F)F.CC(C)(F)C(F)(F)C(C)(F)F.CC(C)(F)C(F)(F)F.CC(C)(F)C(F)(F)F.CC(C)(F)C(F)F.CC(C)C.CC(C)C.CC(C)C(F)(F)F.CC(C)C(F)(F)F. The molecule has 0 aliphatic carbocycles. The van der Waals surface area contributed by atoms with Crippen LogP contribution in [0.1, 0.15) is 249 Å². The lowest BCUT2D eigenvalue weighted by Crippen LogP contribution is -2.51. The van der Waals surface area contributed by atoms with Gasteiger partial charge in [0.2, 0.25) is 6.43 Å². The highest BCUT2D eigenvalue weighted by molar-refractivity contribution is 4.94. The van der Waals surface area contributed by atoms with E-state index in [2.05, 4.69) is 96.9 Å². The molecular formula is C59H114F30. The van der Waals surface area contributed by atoms with Crippen LogP contribution in [-0.4, -0.2) is 84.4 Å². The van der Waals surface area contributed by atoms with E-state index >= 15 is 0 Å². The second-order valence-electron chi connectivity index (χ2n) is 29.8. The minimum absolute atomic E-state index is 0.00562. The zero-order valence-electron chi connectivity index (χ0n) is 59.3. The first kappa shape index (κ1) is 117. The maximum atomic E-state index is 12.4. The van der Waals surface area contributed by atoms with Gasteiger partial charge in [-0.15, -0.1) is 0 Å². The Kier molecular flexibility index (Phi) is 58.8. The molecule has 0 fully saturated rings. The summed E-state index contributed by atoms with van der Waals surface area (Å²) in [5.41, 5.74) is -14.6. The van der Waals surface area contributed by atoms with E-state index in [1.807, 2.05) is 0 Å². The average Bonchev–Trinajstić information content (AvgIpc) is 3.09. The van der Waals surface area contributed by atoms with Crippen LogP contribution in [0, 0.1) is 50.7 Å². The Morgan fingerprint density at radius 1 is 0.225 bits per heavy atom. The van der Waals surface area contributed by atoms with Crippen molar-refractivity contribution in [2.24, 2.45) is 50.7 Å². The largest absolute Gasteiger partial charge is 0.421 e. The van der Waals surface area contributed by atoms with E-state index in [0.717, 1.165) is 94.9 Å². The fourth-order valence-electron chi connectivity index (χ4n) is 0.522. The monoisotopic (exact) mass is 1390 g/mol. The number of alkyl halides is 30. The number of hydrogen-bond donors (Lipinski definition) is 0. The molecule has 0 radical (unpaired) electrons. The van der Waals surface area contributed by atoms with Crippen LogP contribution in [0.2, 0.25) is 0 Å². The molecular weight excluding hydrogens is 1280 g/mol. The third-order valence-corrected chi connectivity index (χ3v) is 6.83. The lowest BCUT2D eigenvalue weighted by atomic mass is 9.96. The molecule has 0 aromatic rings. The summed E-state index contributed by atoms with van der Waals surface area (Å²) in [4.78, 5) is 0. The zero-order chi connectivity index (χ0) is 78.0. The van der Waals surface area contributed by atoms with Gasteiger partial charge in [-0.1, -0.05) is 187 Å². The van der Waals surface area contributed by atoms with Gasteiger partial charge in [-0.05, 0) is 78.1 Å². The molecule has 0 aromatic heterocycles. The second-order valence-corrected chi connectivity index (χ2v) is 29.8. The van der Waals surface area contributed by atoms with Crippen LogP contribution in [0.15, 0.2) is 0 Å². The van der Waals surface area contributed by atoms with Crippen LogP contribution in [-0.2, 0) is 0 Å². The standard InChI is InChI=1S/C6H9F5.2C5H9F3.C5H10F2.2C5H12.2C4H6F4.3C4H7F3.2C4H10/c1-4(2,7)6(10,11)5(3,8)9;2*1-4(2,3)5(6,7)8;1-5(2,3)4(6)7;2*1-5(2,3)4;2*1-3(2,5)4(6,7)8;1-4(2,7)3(5)6;2*1-3(2)4(5,6)7;2*1-4(2)3/h1-3H3;2*1-3H3;4H,1-3H3;2*1-4H3;2*1-2H3;3*3H,1-2H3;2*4H,1-3H3. The predicted octanol–water partition coefficient (Wildman–Crippen LogP) is 28.9. The number of rotatable bonds is 3. The lowest BCUT2D eigenvalue weighted by molar-refractivity contribution is -0.254. The average molecular weight is 1390 g/mol. The third kappa shape index (κ3) is 105. The first-order chi connectivity index (χ1) is 36.7. The second kappa shape index (κ2) is 44.5. The van der Waals surface area contributed by atoms with E-state index in [-0.39, 0.29) is 6.92 Å². The van der Waals surface area contributed by atoms with E-state index in [1.54, 1.807) is 0 Å². The summed E-state index contributed by atoms with van der Waals surface area (Å²) in [5, 5.41) is 0. The fraction of sp³-hybridized carbons (Fsp3) is 1.00. The summed E-state index contributed by atoms with van der Waals surface area (Å²) in [6.45, 7) is 50.9. The van der Waals surface area contributed by atoms with Gasteiger partial charge in [-0.25, -0.2) is 43.9 Å². The number of halogens is 30. The highest BCUT2D eigenvalue weighted by Crippen LogP contribution is 2.44. The Morgan fingerprint density at radius 3 is 0.315 bits per heavy atom. The Hall–Kier alpha value is -2.10. The van der Waals surface area contributed by atoms with E-state index in [1.165, 1.54) is 20.8 Å². The molecule has 0 amide bonds. The van der Waals surface area contributed by atoms with E-state index < -0.39 is 113 Å². The molecule has 0 atom stereocenters. The molecule has 0 heterocycles. The molecule has 0 saturated carbocycles. The van der Waals surface area contributed by atoms with Crippen molar-refractivity contribution in [3.63, 3.8) is 0 Å². The highest BCUT2D eigenvalue weighted by atomic mass is 19.4. The van der Waals surface area contributed by atoms with E-state index in [4.69, 9.17) is 0 Å². The van der Waals surface area contributed by atoms with Gasteiger partial charge in [-0.3, -0.25) is 0 Å². The topological polar surface area (TPSA) is 0 Å². The van der Waals surface area contributed by atoms with Crippen molar-refractivity contribution in [1.29, 1.82) is 0 Å². The van der Waals surface area contributed by atoms with Crippen molar-refractivity contribution in [3.8, 4) is 0 Å². The molecule has 0 N–H and O–H groups in total. The first-order valence-electron chi connectivity index (χ1n) is 27.2. The minimum Gasteiger partial charge on any atom is -0.238 e. The van der Waals surface area contributed by atoms with Gasteiger partial charge in [0.05, 0.1) is 10.8 Å². The van der Waals surface area contributed by atoms with Crippen molar-refractivity contribution >= 4 is 0 Å². The predicted molar refractivity (Wildman–Crippen MR) is 304 cm³/mol. The Balaban J connectivity index is -0.0000000644. The summed E-state index contributed by atoms with van der Waals surface area (Å²) < 4.78 is 345. The van der Waals surface area contributed by atoms with Crippen molar-refractivity contribution < 1.29 is 132 Å². The van der Waals surface area contributed by atoms with Crippen LogP contribution in [0.3, 0.4) is 0 Å². The molecule has 0 aromatic carbocycles. The smallest absolute Gasteiger partial charge is 0.238 e. The summed E-state index contributed by atoms with van der Waals surface area (Å²) in [5.74, 6) is -9.69. The summed E-state index contributed by atoms with van der Waals surface area (Å²) in [7, 11) is 0. The summed E-state index contributed by atoms with van der Waals surface area (Å²) in [6, 6.07) is 0. The van der Waals surface area contributed by atoms with Gasteiger partial charge in [0, 0.05) is 24.2 Å². The van der Waals surface area contributed by atoms with Gasteiger partial charge < -0.3 is 0 Å². The van der Waals surface area contributed by atoms with Gasteiger partial charge in [0.1, 0.15) is 0 Å². The van der Waals surface area contributed by atoms with Gasteiger partial charge >= 0.3 is 48.9 Å². The van der Waals surface area contributed by atoms with E-state index in [0.29, 0.717) is 52.4 Å². The third-order valence-electron chi connectivity index (χ3n) is 6.83. The molecule has 0 saturated heterocycles. The van der Waals surface area contributed by atoms with Crippen molar-refractivity contribution in [2.45, 2.75) is 334 Å². The zero-order valence-corrected chi connectivity index (χ0v) is 59.3.